The molecule has 0 radical (unpaired) electrons. The Morgan fingerprint density at radius 3 is 2.72 bits per heavy atom. The highest BCUT2D eigenvalue weighted by molar-refractivity contribution is 6.32. The van der Waals surface area contributed by atoms with Gasteiger partial charge in [0.15, 0.2) is 0 Å². The number of nitrogens with one attached hydrogen (secondary N) is 2. The molecule has 0 spiro atoms. The Labute approximate surface area is 254 Å². The molecule has 1 amide bonds. The maximum atomic E-state index is 13.5. The molecule has 1 aromatic heterocycles. The fourth-order valence-corrected chi connectivity index (χ4v) is 4.42. The van der Waals surface area contributed by atoms with Crippen LogP contribution in [0.2, 0.25) is 5.02 Å². The van der Waals surface area contributed by atoms with Crippen LogP contribution in [0.5, 0.6) is 11.5 Å². The number of carbonyl (C=O) groups excluding carboxylic acids is 1. The Bertz CT molecular complexity index is 1670. The number of anilines is 3. The molecule has 4 aromatic rings. The summed E-state index contributed by atoms with van der Waals surface area (Å²) >= 11 is 6.50. The number of benzene rings is 3. The van der Waals surface area contributed by atoms with Crippen molar-refractivity contribution in [2.75, 3.05) is 51.6 Å². The number of hydrogen-bond acceptors (Lipinski definition) is 8. The van der Waals surface area contributed by atoms with Gasteiger partial charge >= 0.3 is 0 Å². The molecule has 0 fully saturated rings. The Morgan fingerprint density at radius 2 is 2.00 bits per heavy atom. The van der Waals surface area contributed by atoms with Crippen molar-refractivity contribution in [2.45, 2.75) is 6.61 Å². The maximum Gasteiger partial charge on any atom is 0.248 e. The summed E-state index contributed by atoms with van der Waals surface area (Å²) in [6.07, 6.45) is 4.68. The Morgan fingerprint density at radius 1 is 1.16 bits per heavy atom. The average molecular weight is 604 g/mol. The van der Waals surface area contributed by atoms with Gasteiger partial charge in [0.05, 0.1) is 41.2 Å². The first-order valence-corrected chi connectivity index (χ1v) is 13.7. The van der Waals surface area contributed by atoms with Gasteiger partial charge in [0.2, 0.25) is 5.91 Å². The second kappa shape index (κ2) is 15.0. The summed E-state index contributed by atoms with van der Waals surface area (Å²) in [7, 11) is 5.08. The molecule has 0 atom stereocenters. The van der Waals surface area contributed by atoms with Gasteiger partial charge in [-0.2, -0.15) is 5.26 Å². The van der Waals surface area contributed by atoms with Crippen LogP contribution in [0.15, 0.2) is 72.9 Å². The largest absolute Gasteiger partial charge is 0.494 e. The molecule has 3 aromatic carbocycles. The highest BCUT2D eigenvalue weighted by Crippen LogP contribution is 2.37. The van der Waals surface area contributed by atoms with Gasteiger partial charge in [0.1, 0.15) is 30.0 Å². The van der Waals surface area contributed by atoms with Crippen LogP contribution in [0.4, 0.5) is 21.5 Å². The van der Waals surface area contributed by atoms with Gasteiger partial charge in [0.25, 0.3) is 0 Å². The molecule has 0 aliphatic heterocycles. The van der Waals surface area contributed by atoms with Crippen molar-refractivity contribution in [3.63, 3.8) is 0 Å². The minimum absolute atomic E-state index is 0.147. The van der Waals surface area contributed by atoms with Crippen LogP contribution in [0.3, 0.4) is 0 Å². The summed E-state index contributed by atoms with van der Waals surface area (Å²) in [5, 5.41) is 16.9. The van der Waals surface area contributed by atoms with Crippen LogP contribution in [0.1, 0.15) is 11.1 Å². The highest BCUT2D eigenvalue weighted by Gasteiger charge is 2.16. The van der Waals surface area contributed by atoms with E-state index in [-0.39, 0.29) is 23.9 Å². The lowest BCUT2D eigenvalue weighted by Gasteiger charge is -2.16. The molecule has 2 N–H and O–H groups in total. The van der Waals surface area contributed by atoms with E-state index in [2.05, 4.69) is 21.7 Å². The van der Waals surface area contributed by atoms with Crippen molar-refractivity contribution in [2.24, 2.45) is 0 Å². The van der Waals surface area contributed by atoms with Gasteiger partial charge in [-0.05, 0) is 49.0 Å². The summed E-state index contributed by atoms with van der Waals surface area (Å²) in [6, 6.07) is 16.8. The summed E-state index contributed by atoms with van der Waals surface area (Å²) < 4.78 is 29.8. The first-order chi connectivity index (χ1) is 20.8. The van der Waals surface area contributed by atoms with Crippen LogP contribution in [0, 0.1) is 17.1 Å². The number of nitriles is 1. The van der Waals surface area contributed by atoms with Crippen molar-refractivity contribution in [3.8, 4) is 17.6 Å². The van der Waals surface area contributed by atoms with Crippen LogP contribution >= 0.6 is 11.6 Å². The number of rotatable bonds is 13. The molecule has 43 heavy (non-hydrogen) atoms. The molecule has 0 saturated carbocycles. The second-order valence-electron chi connectivity index (χ2n) is 9.56. The molecule has 0 aliphatic rings. The number of nitrogens with zero attached hydrogens (tertiary/aromatic N) is 3. The molecule has 1 heterocycles. The van der Waals surface area contributed by atoms with Gasteiger partial charge in [-0.15, -0.1) is 0 Å². The smallest absolute Gasteiger partial charge is 0.248 e. The number of aromatic nitrogens is 1. The van der Waals surface area contributed by atoms with Gasteiger partial charge in [-0.3, -0.25) is 9.78 Å². The molecule has 9 nitrogen and oxygen atoms in total. The monoisotopic (exact) mass is 603 g/mol. The lowest BCUT2D eigenvalue weighted by molar-refractivity contribution is -0.111. The zero-order valence-electron chi connectivity index (χ0n) is 24.0. The predicted molar refractivity (Wildman–Crippen MR) is 166 cm³/mol. The zero-order chi connectivity index (χ0) is 30.8. The van der Waals surface area contributed by atoms with Crippen LogP contribution in [-0.4, -0.2) is 56.8 Å². The summed E-state index contributed by atoms with van der Waals surface area (Å²) in [5.41, 5.74) is 2.99. The molecular formula is C32H31ClFN5O4. The number of pyridine rings is 1. The quantitative estimate of drug-likeness (QED) is 0.171. The van der Waals surface area contributed by atoms with E-state index < -0.39 is 0 Å². The number of halogens is 2. The number of carbonyl (C=O) groups is 1. The second-order valence-corrected chi connectivity index (χ2v) is 9.97. The zero-order valence-corrected chi connectivity index (χ0v) is 24.7. The van der Waals surface area contributed by atoms with Crippen molar-refractivity contribution in [3.05, 3.63) is 94.9 Å². The predicted octanol–water partition coefficient (Wildman–Crippen LogP) is 6.30. The fraction of sp³-hybridized carbons (Fsp3) is 0.219. The number of likely N-dealkylation sites (N-methyl/N-ethyl adjacent to an activating group) is 1. The number of fused-ring (bicyclic) bond motifs is 1. The van der Waals surface area contributed by atoms with Gasteiger partial charge < -0.3 is 29.7 Å². The number of amides is 1. The summed E-state index contributed by atoms with van der Waals surface area (Å²) in [6.45, 7) is 2.06. The van der Waals surface area contributed by atoms with Crippen molar-refractivity contribution in [1.82, 2.24) is 9.88 Å². The molecule has 0 aliphatic carbocycles. The number of hydrogen-bond donors (Lipinski definition) is 2. The number of ether oxygens (including phenoxy) is 3. The number of methoxy groups -OCH3 is 2. The molecule has 0 saturated heterocycles. The SMILES string of the molecule is COCCN(C)C/C=C/C(=O)Nc1cc2c(Nc3ccc(OCc4cccc(F)c4)c(Cl)c3)c(C#N)cnc2cc1OC. The van der Waals surface area contributed by atoms with E-state index >= 15 is 0 Å². The van der Waals surface area contributed by atoms with E-state index in [1.165, 1.54) is 31.5 Å². The third kappa shape index (κ3) is 8.42. The van der Waals surface area contributed by atoms with E-state index in [4.69, 9.17) is 25.8 Å². The average Bonchev–Trinajstić information content (AvgIpc) is 2.99. The molecule has 222 valence electrons. The Balaban J connectivity index is 1.56. The van der Waals surface area contributed by atoms with E-state index in [1.807, 2.05) is 11.9 Å². The minimum atomic E-state index is -0.344. The molecule has 0 unspecified atom stereocenters. The molecular weight excluding hydrogens is 573 g/mol. The highest BCUT2D eigenvalue weighted by atomic mass is 35.5. The summed E-state index contributed by atoms with van der Waals surface area (Å²) in [5.74, 6) is 0.155. The fourth-order valence-electron chi connectivity index (χ4n) is 4.19. The van der Waals surface area contributed by atoms with Gasteiger partial charge in [-0.1, -0.05) is 29.8 Å². The van der Waals surface area contributed by atoms with Crippen molar-refractivity contribution < 1.29 is 23.4 Å². The minimum Gasteiger partial charge on any atom is -0.494 e. The van der Waals surface area contributed by atoms with E-state index in [0.29, 0.717) is 63.2 Å². The van der Waals surface area contributed by atoms with Crippen LogP contribution in [-0.2, 0) is 16.1 Å². The summed E-state index contributed by atoms with van der Waals surface area (Å²) in [4.78, 5) is 19.1. The molecule has 0 bridgehead atoms. The Hall–Kier alpha value is -4.69. The third-order valence-electron chi connectivity index (χ3n) is 6.42. The maximum absolute atomic E-state index is 13.5. The topological polar surface area (TPSA) is 109 Å². The molecule has 11 heteroatoms. The first-order valence-electron chi connectivity index (χ1n) is 13.3. The van der Waals surface area contributed by atoms with E-state index in [9.17, 15) is 14.4 Å². The lowest BCUT2D eigenvalue weighted by atomic mass is 10.1. The van der Waals surface area contributed by atoms with Crippen LogP contribution in [0.25, 0.3) is 10.9 Å². The lowest BCUT2D eigenvalue weighted by Crippen LogP contribution is -2.23. The normalized spacial score (nSPS) is 11.1. The standard InChI is InChI=1S/C32H31ClFN5O4/c1-39(12-13-41-2)11-5-8-31(40)38-28-16-25-27(17-30(28)42-3)36-19-22(18-35)32(25)37-24-9-10-29(26(33)15-24)43-20-21-6-4-7-23(34)14-21/h4-10,14-17,19H,11-13,20H2,1-3H3,(H,36,37)(H,38,40)/b8-5+. The van der Waals surface area contributed by atoms with Crippen molar-refractivity contribution in [1.29, 1.82) is 5.26 Å². The Kier molecular flexibility index (Phi) is 10.9. The van der Waals surface area contributed by atoms with Crippen LogP contribution < -0.4 is 20.1 Å². The first kappa shape index (κ1) is 31.3. The van der Waals surface area contributed by atoms with Crippen molar-refractivity contribution >= 4 is 45.5 Å². The van der Waals surface area contributed by atoms with Gasteiger partial charge in [-0.25, -0.2) is 4.39 Å². The molecule has 4 rings (SSSR count). The van der Waals surface area contributed by atoms with Gasteiger partial charge in [0, 0.05) is 49.6 Å². The van der Waals surface area contributed by atoms with E-state index in [0.717, 1.165) is 6.54 Å². The third-order valence-corrected chi connectivity index (χ3v) is 6.71. The van der Waals surface area contributed by atoms with E-state index in [1.54, 1.807) is 55.7 Å².